The van der Waals surface area contributed by atoms with E-state index in [9.17, 15) is 5.11 Å². The van der Waals surface area contributed by atoms with E-state index >= 15 is 0 Å². The highest BCUT2D eigenvalue weighted by molar-refractivity contribution is 5.31. The van der Waals surface area contributed by atoms with Gasteiger partial charge in [0.1, 0.15) is 0 Å². The van der Waals surface area contributed by atoms with Crippen LogP contribution in [0.1, 0.15) is 40.8 Å². The molecule has 0 fully saturated rings. The van der Waals surface area contributed by atoms with Crippen molar-refractivity contribution < 1.29 is 5.11 Å². The fourth-order valence-corrected chi connectivity index (χ4v) is 2.45. The molecule has 1 N–H and O–H groups in total. The molecule has 1 atom stereocenters. The van der Waals surface area contributed by atoms with Gasteiger partial charge >= 0.3 is 0 Å². The maximum absolute atomic E-state index is 10.3. The molecule has 0 aromatic heterocycles. The molecule has 0 saturated heterocycles. The van der Waals surface area contributed by atoms with Crippen LogP contribution in [0.2, 0.25) is 0 Å². The van der Waals surface area contributed by atoms with Crippen LogP contribution >= 0.6 is 0 Å². The lowest BCUT2D eigenvalue weighted by Crippen LogP contribution is -2.02. The zero-order valence-electron chi connectivity index (χ0n) is 12.0. The molecule has 19 heavy (non-hydrogen) atoms. The van der Waals surface area contributed by atoms with Crippen molar-refractivity contribution in [2.24, 2.45) is 0 Å². The minimum absolute atomic E-state index is 0.425. The monoisotopic (exact) mass is 254 g/mol. The number of aliphatic hydroxyl groups is 1. The molecule has 0 radical (unpaired) electrons. The van der Waals surface area contributed by atoms with Crippen molar-refractivity contribution in [1.29, 1.82) is 0 Å². The van der Waals surface area contributed by atoms with Crippen LogP contribution in [0.3, 0.4) is 0 Å². The molecular weight excluding hydrogens is 232 g/mol. The summed E-state index contributed by atoms with van der Waals surface area (Å²) >= 11 is 0. The second kappa shape index (κ2) is 6.03. The van der Waals surface area contributed by atoms with E-state index in [1.807, 2.05) is 0 Å². The molecule has 0 bridgehead atoms. The molecule has 0 spiro atoms. The first-order valence-electron chi connectivity index (χ1n) is 6.92. The van der Waals surface area contributed by atoms with E-state index in [4.69, 9.17) is 0 Å². The molecule has 0 aliphatic heterocycles. The maximum atomic E-state index is 10.3. The topological polar surface area (TPSA) is 20.2 Å². The number of benzene rings is 2. The number of aryl methyl sites for hydroxylation is 3. The number of hydrogen-bond acceptors (Lipinski definition) is 1. The molecule has 0 aliphatic rings. The zero-order chi connectivity index (χ0) is 13.8. The molecule has 2 aromatic rings. The second-order valence-electron chi connectivity index (χ2n) is 5.31. The zero-order valence-corrected chi connectivity index (χ0v) is 12.0. The molecule has 1 unspecified atom stereocenters. The van der Waals surface area contributed by atoms with Crippen LogP contribution in [0, 0.1) is 13.8 Å². The maximum Gasteiger partial charge on any atom is 0.0830 e. The summed E-state index contributed by atoms with van der Waals surface area (Å²) in [6, 6.07) is 14.8. The van der Waals surface area contributed by atoms with Gasteiger partial charge in [0.15, 0.2) is 0 Å². The highest BCUT2D eigenvalue weighted by Crippen LogP contribution is 2.21. The van der Waals surface area contributed by atoms with Gasteiger partial charge in [-0.3, -0.25) is 0 Å². The van der Waals surface area contributed by atoms with Gasteiger partial charge in [-0.1, -0.05) is 60.5 Å². The Morgan fingerprint density at radius 3 is 1.95 bits per heavy atom. The first-order valence-corrected chi connectivity index (χ1v) is 6.92. The van der Waals surface area contributed by atoms with Gasteiger partial charge in [-0.25, -0.2) is 0 Å². The lowest BCUT2D eigenvalue weighted by atomic mass is 9.97. The average Bonchev–Trinajstić information content (AvgIpc) is 2.38. The van der Waals surface area contributed by atoms with Crippen LogP contribution in [0.5, 0.6) is 0 Å². The van der Waals surface area contributed by atoms with Crippen molar-refractivity contribution in [3.05, 3.63) is 70.3 Å². The third-order valence-electron chi connectivity index (χ3n) is 3.49. The summed E-state index contributed by atoms with van der Waals surface area (Å²) in [4.78, 5) is 0. The first kappa shape index (κ1) is 13.8. The predicted molar refractivity (Wildman–Crippen MR) is 80.4 cm³/mol. The molecule has 1 nitrogen and oxygen atoms in total. The van der Waals surface area contributed by atoms with E-state index in [1.165, 1.54) is 22.3 Å². The van der Waals surface area contributed by atoms with E-state index in [0.717, 1.165) is 12.0 Å². The van der Waals surface area contributed by atoms with E-state index in [-0.39, 0.29) is 0 Å². The highest BCUT2D eigenvalue weighted by Gasteiger charge is 2.09. The van der Waals surface area contributed by atoms with E-state index in [0.29, 0.717) is 6.42 Å². The van der Waals surface area contributed by atoms with Gasteiger partial charge in [-0.05, 0) is 37.0 Å². The Morgan fingerprint density at radius 2 is 1.42 bits per heavy atom. The number of hydrogen-bond donors (Lipinski definition) is 1. The fourth-order valence-electron chi connectivity index (χ4n) is 2.45. The Labute approximate surface area is 115 Å². The summed E-state index contributed by atoms with van der Waals surface area (Å²) in [6.45, 7) is 6.29. The summed E-state index contributed by atoms with van der Waals surface area (Å²) in [5, 5.41) is 10.3. The van der Waals surface area contributed by atoms with Crippen molar-refractivity contribution >= 4 is 0 Å². The van der Waals surface area contributed by atoms with Crippen LogP contribution in [0.25, 0.3) is 0 Å². The summed E-state index contributed by atoms with van der Waals surface area (Å²) < 4.78 is 0. The number of aliphatic hydroxyl groups excluding tert-OH is 1. The molecule has 2 rings (SSSR count). The largest absolute Gasteiger partial charge is 0.388 e. The van der Waals surface area contributed by atoms with Gasteiger partial charge in [0.25, 0.3) is 0 Å². The normalized spacial score (nSPS) is 12.4. The van der Waals surface area contributed by atoms with Gasteiger partial charge < -0.3 is 5.11 Å². The van der Waals surface area contributed by atoms with Crippen LogP contribution in [0.4, 0.5) is 0 Å². The molecule has 0 amide bonds. The highest BCUT2D eigenvalue weighted by atomic mass is 16.3. The summed E-state index contributed by atoms with van der Waals surface area (Å²) in [7, 11) is 0. The summed E-state index contributed by atoms with van der Waals surface area (Å²) in [6.07, 6.45) is 1.30. The molecule has 2 aromatic carbocycles. The van der Waals surface area contributed by atoms with Gasteiger partial charge in [0, 0.05) is 6.42 Å². The van der Waals surface area contributed by atoms with Gasteiger partial charge in [-0.15, -0.1) is 0 Å². The fraction of sp³-hybridized carbons (Fsp3) is 0.333. The van der Waals surface area contributed by atoms with Gasteiger partial charge in [-0.2, -0.15) is 0 Å². The molecular formula is C18H22O. The van der Waals surface area contributed by atoms with Gasteiger partial charge in [0.2, 0.25) is 0 Å². The van der Waals surface area contributed by atoms with Crippen molar-refractivity contribution in [2.45, 2.75) is 39.7 Å². The molecule has 100 valence electrons. The lowest BCUT2D eigenvalue weighted by molar-refractivity contribution is 0.178. The van der Waals surface area contributed by atoms with Crippen LogP contribution in [-0.2, 0) is 12.8 Å². The second-order valence-corrected chi connectivity index (χ2v) is 5.31. The quantitative estimate of drug-likeness (QED) is 0.869. The standard InChI is InChI=1S/C18H22O/c1-4-15-5-7-16(8-6-15)12-18(19)17-10-13(2)9-14(3)11-17/h5-11,18-19H,4,12H2,1-3H3. The van der Waals surface area contributed by atoms with Crippen LogP contribution < -0.4 is 0 Å². The Hall–Kier alpha value is -1.60. The minimum atomic E-state index is -0.425. The third-order valence-corrected chi connectivity index (χ3v) is 3.49. The minimum Gasteiger partial charge on any atom is -0.388 e. The summed E-state index contributed by atoms with van der Waals surface area (Å²) in [5.74, 6) is 0. The SMILES string of the molecule is CCc1ccc(CC(O)c2cc(C)cc(C)c2)cc1. The van der Waals surface area contributed by atoms with Crippen molar-refractivity contribution in [1.82, 2.24) is 0 Å². The number of rotatable bonds is 4. The molecule has 0 aliphatic carbocycles. The van der Waals surface area contributed by atoms with Crippen LogP contribution in [0.15, 0.2) is 42.5 Å². The average molecular weight is 254 g/mol. The Balaban J connectivity index is 2.13. The lowest BCUT2D eigenvalue weighted by Gasteiger charge is -2.13. The molecule has 1 heteroatoms. The Bertz CT molecular complexity index is 520. The van der Waals surface area contributed by atoms with E-state index in [1.54, 1.807) is 0 Å². The molecule has 0 saturated carbocycles. The summed E-state index contributed by atoms with van der Waals surface area (Å²) in [5.41, 5.74) is 5.94. The third kappa shape index (κ3) is 3.68. The first-order chi connectivity index (χ1) is 9.08. The van der Waals surface area contributed by atoms with Crippen molar-refractivity contribution in [2.75, 3.05) is 0 Å². The van der Waals surface area contributed by atoms with E-state index < -0.39 is 6.10 Å². The van der Waals surface area contributed by atoms with Crippen LogP contribution in [-0.4, -0.2) is 5.11 Å². The molecule has 0 heterocycles. The van der Waals surface area contributed by atoms with E-state index in [2.05, 4.69) is 63.2 Å². The smallest absolute Gasteiger partial charge is 0.0830 e. The van der Waals surface area contributed by atoms with Gasteiger partial charge in [0.05, 0.1) is 6.10 Å². The van der Waals surface area contributed by atoms with Crippen molar-refractivity contribution in [3.8, 4) is 0 Å². The Kier molecular flexibility index (Phi) is 4.39. The predicted octanol–water partition coefficient (Wildman–Crippen LogP) is 4.14. The van der Waals surface area contributed by atoms with Crippen molar-refractivity contribution in [3.63, 3.8) is 0 Å². The Morgan fingerprint density at radius 1 is 0.895 bits per heavy atom.